The van der Waals surface area contributed by atoms with E-state index in [0.29, 0.717) is 18.2 Å². The van der Waals surface area contributed by atoms with Gasteiger partial charge in [0, 0.05) is 5.56 Å². The van der Waals surface area contributed by atoms with Gasteiger partial charge in [-0.1, -0.05) is 26.0 Å². The number of alkyl halides is 6. The molecule has 0 fully saturated rings. The summed E-state index contributed by atoms with van der Waals surface area (Å²) in [5.41, 5.74) is -3.90. The molecule has 0 aliphatic rings. The summed E-state index contributed by atoms with van der Waals surface area (Å²) in [6, 6.07) is 3.86. The third kappa shape index (κ3) is 4.83. The first-order chi connectivity index (χ1) is 10.6. The first-order valence-corrected chi connectivity index (χ1v) is 6.43. The topological polar surface area (TPSA) is 45.8 Å². The molecule has 1 aromatic heterocycles. The van der Waals surface area contributed by atoms with Crippen LogP contribution < -0.4 is 5.69 Å². The molecule has 0 spiro atoms. The number of hydrogen-bond donors (Lipinski definition) is 1. The normalized spacial score (nSPS) is 11.7. The Labute approximate surface area is 127 Å². The van der Waals surface area contributed by atoms with Crippen molar-refractivity contribution in [1.82, 2.24) is 9.97 Å². The molecule has 23 heavy (non-hydrogen) atoms. The Morgan fingerprint density at radius 3 is 1.87 bits per heavy atom. The molecule has 126 valence electrons. The van der Waals surface area contributed by atoms with E-state index in [0.717, 1.165) is 12.1 Å². The van der Waals surface area contributed by atoms with Gasteiger partial charge in [0.2, 0.25) is 0 Å². The van der Waals surface area contributed by atoms with Gasteiger partial charge in [0.1, 0.15) is 5.69 Å². The Bertz CT molecular complexity index is 701. The van der Waals surface area contributed by atoms with Gasteiger partial charge in [0.25, 0.3) is 0 Å². The van der Waals surface area contributed by atoms with Crippen LogP contribution in [0.2, 0.25) is 0 Å². The summed E-state index contributed by atoms with van der Waals surface area (Å²) in [7, 11) is 0. The van der Waals surface area contributed by atoms with Crippen molar-refractivity contribution in [2.75, 3.05) is 0 Å². The van der Waals surface area contributed by atoms with Gasteiger partial charge in [0.05, 0.1) is 11.3 Å². The van der Waals surface area contributed by atoms with Gasteiger partial charge in [-0.05, 0) is 18.2 Å². The van der Waals surface area contributed by atoms with E-state index in [4.69, 9.17) is 0 Å². The Hall–Kier alpha value is -2.32. The maximum Gasteiger partial charge on any atom is 0.431 e. The third-order valence-corrected chi connectivity index (χ3v) is 2.56. The lowest BCUT2D eigenvalue weighted by Crippen LogP contribution is -2.19. The predicted molar refractivity (Wildman–Crippen MR) is 71.6 cm³/mol. The molecule has 0 unspecified atom stereocenters. The molecule has 0 bridgehead atoms. The van der Waals surface area contributed by atoms with Crippen LogP contribution in [-0.2, 0) is 12.4 Å². The fourth-order valence-corrected chi connectivity index (χ4v) is 1.59. The van der Waals surface area contributed by atoms with Gasteiger partial charge in [-0.25, -0.2) is 4.79 Å². The Morgan fingerprint density at radius 1 is 0.913 bits per heavy atom. The second kappa shape index (κ2) is 6.84. The lowest BCUT2D eigenvalue weighted by atomic mass is 10.1. The molecular formula is C14H12F6N2O. The number of nitrogens with zero attached hydrogens (tertiary/aromatic N) is 1. The zero-order chi connectivity index (χ0) is 17.8. The highest BCUT2D eigenvalue weighted by atomic mass is 19.4. The summed E-state index contributed by atoms with van der Waals surface area (Å²) >= 11 is 0. The molecule has 0 saturated carbocycles. The van der Waals surface area contributed by atoms with Crippen LogP contribution in [0, 0.1) is 0 Å². The van der Waals surface area contributed by atoms with E-state index in [9.17, 15) is 31.1 Å². The van der Waals surface area contributed by atoms with Crippen molar-refractivity contribution >= 4 is 0 Å². The minimum atomic E-state index is -4.79. The number of aromatic amines is 1. The number of nitrogens with one attached hydrogen (secondary N) is 1. The summed E-state index contributed by atoms with van der Waals surface area (Å²) in [5, 5.41) is 0. The second-order valence-corrected chi connectivity index (χ2v) is 4.06. The van der Waals surface area contributed by atoms with Crippen molar-refractivity contribution in [3.8, 4) is 11.3 Å². The minimum Gasteiger partial charge on any atom is -0.302 e. The molecular weight excluding hydrogens is 326 g/mol. The van der Waals surface area contributed by atoms with E-state index in [-0.39, 0.29) is 11.3 Å². The van der Waals surface area contributed by atoms with E-state index in [1.807, 2.05) is 13.8 Å². The number of rotatable bonds is 1. The van der Waals surface area contributed by atoms with Gasteiger partial charge in [-0.2, -0.15) is 31.3 Å². The zero-order valence-corrected chi connectivity index (χ0v) is 12.0. The minimum absolute atomic E-state index is 0.0281. The third-order valence-electron chi connectivity index (χ3n) is 2.56. The van der Waals surface area contributed by atoms with E-state index in [1.54, 1.807) is 0 Å². The summed E-state index contributed by atoms with van der Waals surface area (Å²) in [5.74, 6) is 0. The number of hydrogen-bond acceptors (Lipinski definition) is 2. The number of benzene rings is 1. The van der Waals surface area contributed by atoms with Gasteiger partial charge in [-0.15, -0.1) is 0 Å². The standard InChI is InChI=1S/C12H6F6N2O.C2H6/c13-11(14,15)7-3-1-6(2-4-7)8-5-9(12(16,17)18)20-10(21)19-8;1-2/h1-5H,(H,19,20,21);1-2H3. The predicted octanol–water partition coefficient (Wildman–Crippen LogP) is 4.50. The number of aromatic nitrogens is 2. The Kier molecular flexibility index (Phi) is 5.57. The van der Waals surface area contributed by atoms with Crippen molar-refractivity contribution in [2.24, 2.45) is 0 Å². The molecule has 2 rings (SSSR count). The van der Waals surface area contributed by atoms with Crippen LogP contribution in [0.1, 0.15) is 25.1 Å². The fourth-order valence-electron chi connectivity index (χ4n) is 1.59. The maximum absolute atomic E-state index is 12.5. The van der Waals surface area contributed by atoms with Crippen LogP contribution in [-0.4, -0.2) is 9.97 Å². The maximum atomic E-state index is 12.5. The van der Waals surface area contributed by atoms with Crippen LogP contribution in [0.25, 0.3) is 11.3 Å². The first kappa shape index (κ1) is 18.7. The van der Waals surface area contributed by atoms with Gasteiger partial charge >= 0.3 is 18.0 Å². The molecule has 0 aliphatic carbocycles. The van der Waals surface area contributed by atoms with Gasteiger partial charge in [0.15, 0.2) is 0 Å². The number of halogens is 6. The highest BCUT2D eigenvalue weighted by Gasteiger charge is 2.33. The van der Waals surface area contributed by atoms with Crippen LogP contribution in [0.3, 0.4) is 0 Å². The molecule has 9 heteroatoms. The van der Waals surface area contributed by atoms with Crippen LogP contribution in [0.4, 0.5) is 26.3 Å². The van der Waals surface area contributed by atoms with Crippen molar-refractivity contribution in [3.63, 3.8) is 0 Å². The highest BCUT2D eigenvalue weighted by Crippen LogP contribution is 2.32. The summed E-state index contributed by atoms with van der Waals surface area (Å²) in [6.07, 6.45) is -9.35. The molecule has 0 atom stereocenters. The quantitative estimate of drug-likeness (QED) is 0.778. The lowest BCUT2D eigenvalue weighted by molar-refractivity contribution is -0.141. The summed E-state index contributed by atoms with van der Waals surface area (Å²) in [6.45, 7) is 4.00. The first-order valence-electron chi connectivity index (χ1n) is 6.43. The monoisotopic (exact) mass is 338 g/mol. The average molecular weight is 338 g/mol. The van der Waals surface area contributed by atoms with E-state index in [1.165, 1.54) is 4.98 Å². The molecule has 3 nitrogen and oxygen atoms in total. The van der Waals surface area contributed by atoms with Crippen LogP contribution in [0.15, 0.2) is 35.1 Å². The van der Waals surface area contributed by atoms with Crippen molar-refractivity contribution in [2.45, 2.75) is 26.2 Å². The molecule has 1 aromatic carbocycles. The van der Waals surface area contributed by atoms with Crippen molar-refractivity contribution in [1.29, 1.82) is 0 Å². The fraction of sp³-hybridized carbons (Fsp3) is 0.286. The SMILES string of the molecule is CC.O=c1nc(-c2ccc(C(F)(F)F)cc2)cc(C(F)(F)F)[nH]1. The average Bonchev–Trinajstić information content (AvgIpc) is 2.47. The zero-order valence-electron chi connectivity index (χ0n) is 12.0. The molecule has 1 N–H and O–H groups in total. The summed E-state index contributed by atoms with van der Waals surface area (Å²) < 4.78 is 74.8. The van der Waals surface area contributed by atoms with Crippen LogP contribution in [0.5, 0.6) is 0 Å². The number of H-pyrrole nitrogens is 1. The highest BCUT2D eigenvalue weighted by molar-refractivity contribution is 5.59. The summed E-state index contributed by atoms with van der Waals surface area (Å²) in [4.78, 5) is 15.9. The van der Waals surface area contributed by atoms with E-state index in [2.05, 4.69) is 4.98 Å². The van der Waals surface area contributed by atoms with E-state index >= 15 is 0 Å². The van der Waals surface area contributed by atoms with Gasteiger partial charge in [-0.3, -0.25) is 0 Å². The molecule has 2 aromatic rings. The molecule has 0 radical (unpaired) electrons. The molecule has 0 amide bonds. The molecule has 1 heterocycles. The van der Waals surface area contributed by atoms with Gasteiger partial charge < -0.3 is 4.98 Å². The Balaban J connectivity index is 0.00000127. The molecule has 0 aliphatic heterocycles. The van der Waals surface area contributed by atoms with Crippen LogP contribution >= 0.6 is 0 Å². The Morgan fingerprint density at radius 2 is 1.43 bits per heavy atom. The smallest absolute Gasteiger partial charge is 0.302 e. The largest absolute Gasteiger partial charge is 0.431 e. The lowest BCUT2D eigenvalue weighted by Gasteiger charge is -2.09. The van der Waals surface area contributed by atoms with E-state index < -0.39 is 29.3 Å². The molecule has 0 saturated heterocycles. The second-order valence-electron chi connectivity index (χ2n) is 4.06. The van der Waals surface area contributed by atoms with Crippen molar-refractivity contribution < 1.29 is 26.3 Å². The van der Waals surface area contributed by atoms with Crippen molar-refractivity contribution in [3.05, 3.63) is 52.1 Å².